The van der Waals surface area contributed by atoms with Crippen molar-refractivity contribution >= 4 is 70.3 Å². The summed E-state index contributed by atoms with van der Waals surface area (Å²) in [5.74, 6) is 0. The van der Waals surface area contributed by atoms with Gasteiger partial charge in [-0.15, -0.1) is 0 Å². The van der Waals surface area contributed by atoms with E-state index in [1.54, 1.807) is 0 Å². The lowest BCUT2D eigenvalue weighted by molar-refractivity contribution is -0.385. The number of nitro benzene ring substituents is 2. The smallest absolute Gasteiger partial charge is 0.258 e. The van der Waals surface area contributed by atoms with Crippen LogP contribution in [0.3, 0.4) is 0 Å². The van der Waals surface area contributed by atoms with Gasteiger partial charge in [-0.1, -0.05) is 35.7 Å². The molecule has 0 aromatic heterocycles. The van der Waals surface area contributed by atoms with Gasteiger partial charge in [0, 0.05) is 25.2 Å². The highest BCUT2D eigenvalue weighted by atomic mass is 35.5. The summed E-state index contributed by atoms with van der Waals surface area (Å²) in [6, 6.07) is 7.62. The number of hydrogen-bond donors (Lipinski definition) is 0. The summed E-state index contributed by atoms with van der Waals surface area (Å²) >= 11 is 11.7. The van der Waals surface area contributed by atoms with E-state index in [0.717, 1.165) is 42.8 Å². The summed E-state index contributed by atoms with van der Waals surface area (Å²) < 4.78 is 84.3. The van der Waals surface area contributed by atoms with Crippen LogP contribution in [0.25, 0.3) is 0 Å². The Kier molecular flexibility index (Phi) is 9.07. The molecule has 0 unspecified atom stereocenters. The van der Waals surface area contributed by atoms with Crippen LogP contribution in [0.1, 0.15) is 24.8 Å². The quantitative estimate of drug-likeness (QED) is 0.220. The Balaban J connectivity index is 2.02. The van der Waals surface area contributed by atoms with Gasteiger partial charge in [0.25, 0.3) is 31.4 Å². The number of benzene rings is 3. The van der Waals surface area contributed by atoms with Gasteiger partial charge < -0.3 is 0 Å². The molecule has 0 bridgehead atoms. The van der Waals surface area contributed by atoms with Gasteiger partial charge in [-0.3, -0.25) is 20.2 Å². The number of anilines is 1. The Morgan fingerprint density at radius 1 is 0.721 bits per heavy atom. The molecule has 1 aliphatic heterocycles. The molecule has 3 aromatic rings. The van der Waals surface area contributed by atoms with Crippen molar-refractivity contribution in [3.63, 3.8) is 0 Å². The molecule has 1 heterocycles. The van der Waals surface area contributed by atoms with E-state index in [2.05, 4.69) is 0 Å². The highest BCUT2D eigenvalue weighted by molar-refractivity contribution is 8.10. The maximum Gasteiger partial charge on any atom is 0.289 e. The number of nitro groups is 2. The molecule has 1 aliphatic rings. The molecule has 230 valence electrons. The average Bonchev–Trinajstić information content (AvgIpc) is 2.94. The summed E-state index contributed by atoms with van der Waals surface area (Å²) in [6.07, 6.45) is 2.00. The van der Waals surface area contributed by atoms with Crippen LogP contribution in [0.2, 0.25) is 10.0 Å². The molecule has 1 saturated heterocycles. The summed E-state index contributed by atoms with van der Waals surface area (Å²) in [6.45, 7) is 1.85. The molecular weight excluding hydrogens is 671 g/mol. The molecule has 4 rings (SSSR count). The normalized spacial score (nSPS) is 14.8. The van der Waals surface area contributed by atoms with Crippen LogP contribution in [0, 0.1) is 27.2 Å². The van der Waals surface area contributed by atoms with Crippen LogP contribution >= 0.6 is 23.2 Å². The second-order valence-electron chi connectivity index (χ2n) is 9.36. The Labute approximate surface area is 256 Å². The predicted molar refractivity (Wildman–Crippen MR) is 157 cm³/mol. The third kappa shape index (κ3) is 6.18. The number of nitrogens with zero attached hydrogens (tertiary/aromatic N) is 4. The Morgan fingerprint density at radius 3 is 1.63 bits per heavy atom. The molecule has 0 radical (unpaired) electrons. The molecule has 0 aliphatic carbocycles. The van der Waals surface area contributed by atoms with Gasteiger partial charge in [-0.2, -0.15) is 8.02 Å². The third-order valence-electron chi connectivity index (χ3n) is 6.58. The standard InChI is InChI=1S/C24H22Cl2N4O10S3/c1-16-5-6-17(13-24(16)43(39,40)27-11-3-2-4-12-27)30(41(35,36)18-7-9-20(25)22(14-18)28(31)32)42(37,38)19-8-10-21(26)23(15-19)29(33)34/h5-10,13-15H,2-4,11-12H2,1H3. The van der Waals surface area contributed by atoms with Crippen molar-refractivity contribution in [2.75, 3.05) is 16.8 Å². The first-order valence-corrected chi connectivity index (χ1v) is 17.4. The molecule has 0 saturated carbocycles. The number of piperidine rings is 1. The van der Waals surface area contributed by atoms with E-state index >= 15 is 0 Å². The van der Waals surface area contributed by atoms with Gasteiger partial charge in [0.05, 0.1) is 30.2 Å². The Bertz CT molecular complexity index is 1870. The zero-order valence-electron chi connectivity index (χ0n) is 22.1. The number of aryl methyl sites for hydroxylation is 1. The predicted octanol–water partition coefficient (Wildman–Crippen LogP) is 4.88. The molecule has 43 heavy (non-hydrogen) atoms. The molecule has 3 aromatic carbocycles. The topological polar surface area (TPSA) is 195 Å². The zero-order valence-corrected chi connectivity index (χ0v) is 26.0. The third-order valence-corrected chi connectivity index (χ3v) is 13.4. The van der Waals surface area contributed by atoms with Crippen molar-refractivity contribution in [2.24, 2.45) is 0 Å². The molecule has 0 N–H and O–H groups in total. The lowest BCUT2D eigenvalue weighted by atomic mass is 10.2. The minimum Gasteiger partial charge on any atom is -0.258 e. The van der Waals surface area contributed by atoms with Gasteiger partial charge in [0.2, 0.25) is 10.0 Å². The van der Waals surface area contributed by atoms with Crippen molar-refractivity contribution < 1.29 is 35.1 Å². The van der Waals surface area contributed by atoms with Gasteiger partial charge in [-0.25, -0.2) is 25.3 Å². The van der Waals surface area contributed by atoms with Crippen molar-refractivity contribution in [2.45, 2.75) is 40.9 Å². The second kappa shape index (κ2) is 12.0. The first-order valence-electron chi connectivity index (χ1n) is 12.3. The SMILES string of the molecule is Cc1ccc(N(S(=O)(=O)c2ccc(Cl)c([N+](=O)[O-])c2)S(=O)(=O)c2ccc(Cl)c([N+](=O)[O-])c2)cc1S(=O)(=O)N1CCCCC1. The lowest BCUT2D eigenvalue weighted by Gasteiger charge is -2.28. The van der Waals surface area contributed by atoms with Crippen molar-refractivity contribution in [1.29, 1.82) is 0 Å². The minimum atomic E-state index is -5.30. The molecule has 14 nitrogen and oxygen atoms in total. The lowest BCUT2D eigenvalue weighted by Crippen LogP contribution is -2.38. The van der Waals surface area contributed by atoms with Crippen LogP contribution in [0.4, 0.5) is 17.1 Å². The van der Waals surface area contributed by atoms with E-state index in [9.17, 15) is 45.5 Å². The van der Waals surface area contributed by atoms with E-state index in [1.165, 1.54) is 17.3 Å². The molecule has 0 amide bonds. The first kappa shape index (κ1) is 32.6. The summed E-state index contributed by atoms with van der Waals surface area (Å²) in [5.41, 5.74) is -2.18. The van der Waals surface area contributed by atoms with Crippen molar-refractivity contribution in [1.82, 2.24) is 4.31 Å². The fraction of sp³-hybridized carbons (Fsp3) is 0.250. The van der Waals surface area contributed by atoms with Crippen LogP contribution in [-0.2, 0) is 30.1 Å². The number of halogens is 2. The highest BCUT2D eigenvalue weighted by Gasteiger charge is 2.40. The van der Waals surface area contributed by atoms with E-state index in [0.29, 0.717) is 25.0 Å². The highest BCUT2D eigenvalue weighted by Crippen LogP contribution is 2.38. The number of hydrogen-bond acceptors (Lipinski definition) is 10. The second-order valence-corrected chi connectivity index (χ2v) is 15.9. The summed E-state index contributed by atoms with van der Waals surface area (Å²) in [7, 11) is -14.8. The zero-order chi connectivity index (χ0) is 31.9. The summed E-state index contributed by atoms with van der Waals surface area (Å²) in [5, 5.41) is 22.1. The maximum atomic E-state index is 14.0. The monoisotopic (exact) mass is 692 g/mol. The van der Waals surface area contributed by atoms with E-state index in [-0.39, 0.29) is 27.3 Å². The van der Waals surface area contributed by atoms with Gasteiger partial charge in [0.15, 0.2) is 0 Å². The summed E-state index contributed by atoms with van der Waals surface area (Å²) in [4.78, 5) is 18.9. The average molecular weight is 694 g/mol. The van der Waals surface area contributed by atoms with E-state index in [1.807, 2.05) is 0 Å². The van der Waals surface area contributed by atoms with Gasteiger partial charge >= 0.3 is 0 Å². The molecule has 0 spiro atoms. The Morgan fingerprint density at radius 2 is 1.19 bits per heavy atom. The number of sulfonamides is 3. The van der Waals surface area contributed by atoms with Crippen LogP contribution in [-0.4, -0.2) is 52.5 Å². The van der Waals surface area contributed by atoms with Gasteiger partial charge in [-0.05, 0) is 61.7 Å². The maximum absolute atomic E-state index is 14.0. The Hall–Kier alpha value is -3.35. The largest absolute Gasteiger partial charge is 0.289 e. The molecule has 19 heteroatoms. The van der Waals surface area contributed by atoms with Crippen molar-refractivity contribution in [3.05, 3.63) is 90.4 Å². The van der Waals surface area contributed by atoms with Crippen LogP contribution in [0.15, 0.2) is 69.3 Å². The van der Waals surface area contributed by atoms with Crippen LogP contribution < -0.4 is 3.71 Å². The molecule has 1 fully saturated rings. The van der Waals surface area contributed by atoms with Crippen LogP contribution in [0.5, 0.6) is 0 Å². The molecular formula is C24H22Cl2N4O10S3. The first-order chi connectivity index (χ1) is 20.0. The van der Waals surface area contributed by atoms with E-state index in [4.69, 9.17) is 23.2 Å². The molecule has 0 atom stereocenters. The van der Waals surface area contributed by atoms with Gasteiger partial charge in [0.1, 0.15) is 10.0 Å². The fourth-order valence-corrected chi connectivity index (χ4v) is 10.3. The fourth-order valence-electron chi connectivity index (χ4n) is 4.41. The number of rotatable bonds is 9. The van der Waals surface area contributed by atoms with E-state index < -0.39 is 76.8 Å². The van der Waals surface area contributed by atoms with Crippen molar-refractivity contribution in [3.8, 4) is 0 Å². The minimum absolute atomic E-state index is 0.130.